The van der Waals surface area contributed by atoms with Gasteiger partial charge in [-0.05, 0) is 49.9 Å². The Bertz CT molecular complexity index is 2030. The minimum atomic E-state index is -0.160. The topological polar surface area (TPSA) is 116 Å². The monoisotopic (exact) mass is 648 g/mol. The summed E-state index contributed by atoms with van der Waals surface area (Å²) in [5.41, 5.74) is 5.15. The molecule has 228 valence electrons. The number of nitrogens with zero attached hydrogens (tertiary/aromatic N) is 5. The van der Waals surface area contributed by atoms with E-state index in [-0.39, 0.29) is 5.56 Å². The zero-order valence-electron chi connectivity index (χ0n) is 25.8. The zero-order valence-corrected chi connectivity index (χ0v) is 28.2. The summed E-state index contributed by atoms with van der Waals surface area (Å²) in [6, 6.07) is 7.29. The van der Waals surface area contributed by atoms with Crippen LogP contribution in [0.5, 0.6) is 11.5 Å². The third kappa shape index (κ3) is 6.17. The van der Waals surface area contributed by atoms with Crippen LogP contribution in [0.4, 0.5) is 0 Å². The third-order valence-electron chi connectivity index (χ3n) is 7.17. The molecule has 0 atom stereocenters. The Morgan fingerprint density at radius 2 is 1.25 bits per heavy atom. The number of ether oxygens (including phenoxy) is 2. The predicted molar refractivity (Wildman–Crippen MR) is 180 cm³/mol. The number of H-pyrrole nitrogens is 1. The van der Waals surface area contributed by atoms with Crippen molar-refractivity contribution in [1.82, 2.24) is 29.9 Å². The maximum atomic E-state index is 12.3. The van der Waals surface area contributed by atoms with Crippen LogP contribution in [0.1, 0.15) is 62.0 Å². The van der Waals surface area contributed by atoms with E-state index in [0.717, 1.165) is 54.9 Å². The molecule has 6 rings (SSSR count). The highest BCUT2D eigenvalue weighted by Crippen LogP contribution is 2.33. The average Bonchev–Trinajstić information content (AvgIpc) is 3.70. The van der Waals surface area contributed by atoms with Crippen molar-refractivity contribution in [3.63, 3.8) is 0 Å². The lowest BCUT2D eigenvalue weighted by Gasteiger charge is -2.09. The van der Waals surface area contributed by atoms with Gasteiger partial charge < -0.3 is 14.5 Å². The second kappa shape index (κ2) is 13.0. The second-order valence-corrected chi connectivity index (χ2v) is 12.9. The number of methoxy groups -OCH3 is 2. The molecule has 6 aromatic rings. The summed E-state index contributed by atoms with van der Waals surface area (Å²) in [5, 5.41) is 7.38. The molecule has 4 heterocycles. The maximum absolute atomic E-state index is 12.3. The van der Waals surface area contributed by atoms with Gasteiger partial charge in [-0.25, -0.2) is 24.9 Å². The largest absolute Gasteiger partial charge is 0.496 e. The van der Waals surface area contributed by atoms with Gasteiger partial charge >= 0.3 is 0 Å². The first-order chi connectivity index (χ1) is 21.0. The Labute approximate surface area is 268 Å². The molecule has 12 heteroatoms. The molecule has 1 N–H and O–H groups in total. The van der Waals surface area contributed by atoms with Crippen LogP contribution < -0.4 is 15.0 Å². The van der Waals surface area contributed by atoms with Crippen LogP contribution in [0.15, 0.2) is 39.8 Å². The molecule has 0 aliphatic carbocycles. The van der Waals surface area contributed by atoms with Crippen LogP contribution in [-0.4, -0.2) is 44.1 Å². The Morgan fingerprint density at radius 1 is 0.727 bits per heavy atom. The van der Waals surface area contributed by atoms with Crippen molar-refractivity contribution < 1.29 is 9.47 Å². The number of aromatic amines is 1. The summed E-state index contributed by atoms with van der Waals surface area (Å²) in [6.45, 7) is 12.3. The van der Waals surface area contributed by atoms with E-state index < -0.39 is 0 Å². The van der Waals surface area contributed by atoms with Gasteiger partial charge in [-0.3, -0.25) is 4.79 Å². The highest BCUT2D eigenvalue weighted by atomic mass is 35.5. The Morgan fingerprint density at radius 3 is 1.80 bits per heavy atom. The van der Waals surface area contributed by atoms with E-state index in [4.69, 9.17) is 21.1 Å². The van der Waals surface area contributed by atoms with Crippen molar-refractivity contribution >= 4 is 56.1 Å². The quantitative estimate of drug-likeness (QED) is 0.179. The summed E-state index contributed by atoms with van der Waals surface area (Å²) >= 11 is 9.36. The molecule has 0 amide bonds. The van der Waals surface area contributed by atoms with Gasteiger partial charge in [-0.1, -0.05) is 39.3 Å². The molecule has 0 aliphatic rings. The van der Waals surface area contributed by atoms with Gasteiger partial charge in [-0.15, -0.1) is 22.7 Å². The fourth-order valence-corrected chi connectivity index (χ4v) is 6.62. The summed E-state index contributed by atoms with van der Waals surface area (Å²) in [4.78, 5) is 37.9. The third-order valence-corrected chi connectivity index (χ3v) is 9.18. The second-order valence-electron chi connectivity index (χ2n) is 10.8. The molecule has 0 saturated carbocycles. The van der Waals surface area contributed by atoms with Crippen LogP contribution in [0.25, 0.3) is 43.5 Å². The van der Waals surface area contributed by atoms with E-state index in [2.05, 4.69) is 57.6 Å². The number of halogens is 1. The van der Waals surface area contributed by atoms with E-state index in [1.807, 2.05) is 36.7 Å². The highest BCUT2D eigenvalue weighted by molar-refractivity contribution is 7.13. The molecule has 0 fully saturated rings. The number of thiazole rings is 2. The van der Waals surface area contributed by atoms with Gasteiger partial charge in [0.2, 0.25) is 0 Å². The number of rotatable bonds is 6. The van der Waals surface area contributed by atoms with Crippen molar-refractivity contribution in [2.75, 3.05) is 14.2 Å². The Hall–Kier alpha value is -3.93. The van der Waals surface area contributed by atoms with Crippen LogP contribution in [-0.2, 0) is 0 Å². The molecule has 0 spiro atoms. The van der Waals surface area contributed by atoms with Crippen LogP contribution in [0.2, 0.25) is 5.15 Å². The van der Waals surface area contributed by atoms with E-state index >= 15 is 0 Å². The zero-order chi connectivity index (χ0) is 31.7. The number of nitrogens with one attached hydrogen (secondary N) is 1. The molecule has 9 nitrogen and oxygen atoms in total. The minimum Gasteiger partial charge on any atom is -0.496 e. The summed E-state index contributed by atoms with van der Waals surface area (Å²) in [5.74, 6) is 3.30. The van der Waals surface area contributed by atoms with Gasteiger partial charge in [0.1, 0.15) is 16.7 Å². The fraction of sp³-hybridized carbons (Fsp3) is 0.312. The number of aryl methyl sites for hydroxylation is 2. The minimum absolute atomic E-state index is 0.160. The average molecular weight is 649 g/mol. The first kappa shape index (κ1) is 31.5. The van der Waals surface area contributed by atoms with Gasteiger partial charge in [0.25, 0.3) is 5.56 Å². The molecule has 0 aliphatic heterocycles. The number of hydrogen-bond acceptors (Lipinski definition) is 10. The molecule has 44 heavy (non-hydrogen) atoms. The van der Waals surface area contributed by atoms with Crippen LogP contribution >= 0.6 is 34.3 Å². The lowest BCUT2D eigenvalue weighted by atomic mass is 10.1. The van der Waals surface area contributed by atoms with Crippen LogP contribution in [0.3, 0.4) is 0 Å². The van der Waals surface area contributed by atoms with Crippen LogP contribution in [0, 0.1) is 13.8 Å². The highest BCUT2D eigenvalue weighted by Gasteiger charge is 2.16. The van der Waals surface area contributed by atoms with Crippen molar-refractivity contribution in [3.05, 3.63) is 73.0 Å². The molecular formula is C32H33ClN6O3S2. The molecular weight excluding hydrogens is 616 g/mol. The molecule has 4 aromatic heterocycles. The number of benzene rings is 2. The molecule has 2 aromatic carbocycles. The van der Waals surface area contributed by atoms with E-state index in [0.29, 0.717) is 39.5 Å². The molecule has 0 bridgehead atoms. The fourth-order valence-electron chi connectivity index (χ4n) is 4.55. The summed E-state index contributed by atoms with van der Waals surface area (Å²) < 4.78 is 10.7. The SMILES string of the molecule is COc1ccc2c(=O)[nH]c(-c3nc(C(C)C)cs3)nc2c1C.COc1ccc2c(Cl)nc(-c3nc(C(C)C)cs3)nc2c1C. The number of aromatic nitrogens is 6. The predicted octanol–water partition coefficient (Wildman–Crippen LogP) is 8.33. The van der Waals surface area contributed by atoms with E-state index in [1.165, 1.54) is 22.7 Å². The van der Waals surface area contributed by atoms with Gasteiger partial charge in [-0.2, -0.15) is 0 Å². The maximum Gasteiger partial charge on any atom is 0.259 e. The number of hydrogen-bond donors (Lipinski definition) is 1. The van der Waals surface area contributed by atoms with Gasteiger partial charge in [0, 0.05) is 27.3 Å². The Balaban J connectivity index is 0.000000175. The van der Waals surface area contributed by atoms with Crippen molar-refractivity contribution in [2.24, 2.45) is 0 Å². The van der Waals surface area contributed by atoms with Crippen molar-refractivity contribution in [2.45, 2.75) is 53.4 Å². The lowest BCUT2D eigenvalue weighted by Crippen LogP contribution is -2.10. The lowest BCUT2D eigenvalue weighted by molar-refractivity contribution is 0.412. The smallest absolute Gasteiger partial charge is 0.259 e. The van der Waals surface area contributed by atoms with Gasteiger partial charge in [0.05, 0.1) is 42.0 Å². The first-order valence-corrected chi connectivity index (χ1v) is 16.2. The Kier molecular flexibility index (Phi) is 9.28. The summed E-state index contributed by atoms with van der Waals surface area (Å²) in [6.07, 6.45) is 0. The van der Waals surface area contributed by atoms with Crippen molar-refractivity contribution in [1.29, 1.82) is 0 Å². The molecule has 0 unspecified atom stereocenters. The normalized spacial score (nSPS) is 11.3. The van der Waals surface area contributed by atoms with E-state index in [9.17, 15) is 4.79 Å². The molecule has 0 saturated heterocycles. The standard InChI is InChI=1S/C16H16ClN3OS.C16H17N3O2S/c1-8(2)11-7-22-16(18-11)15-19-13-9(3)12(21-4)6-5-10(13)14(17)20-15;1-8(2)11-7-22-16(17-11)14-18-13-9(3)12(21-4)6-5-10(13)15(20)19-14/h5-8H,1-4H3;5-8H,1-4H3,(H,18,19,20). The van der Waals surface area contributed by atoms with Gasteiger partial charge in [0.15, 0.2) is 21.7 Å². The first-order valence-electron chi connectivity index (χ1n) is 14.0. The summed E-state index contributed by atoms with van der Waals surface area (Å²) in [7, 11) is 3.26. The molecule has 0 radical (unpaired) electrons. The number of fused-ring (bicyclic) bond motifs is 2. The van der Waals surface area contributed by atoms with Crippen molar-refractivity contribution in [3.8, 4) is 33.2 Å². The van der Waals surface area contributed by atoms with E-state index in [1.54, 1.807) is 26.4 Å².